The molecule has 2 atom stereocenters. The SMILES string of the molecule is CCCCCC/C=C/C(CCCCCC)CC(C)CCCCCC. The average molecular weight is 337 g/mol. The van der Waals surface area contributed by atoms with E-state index in [0.717, 1.165) is 11.8 Å². The lowest BCUT2D eigenvalue weighted by Crippen LogP contribution is -2.05. The summed E-state index contributed by atoms with van der Waals surface area (Å²) in [5.41, 5.74) is 0. The molecule has 0 amide bonds. The van der Waals surface area contributed by atoms with Gasteiger partial charge in [0.25, 0.3) is 0 Å². The first-order valence-electron chi connectivity index (χ1n) is 11.4. The number of unbranched alkanes of at least 4 members (excludes halogenated alkanes) is 10. The third kappa shape index (κ3) is 16.6. The Morgan fingerprint density at radius 2 is 1.17 bits per heavy atom. The van der Waals surface area contributed by atoms with E-state index in [4.69, 9.17) is 0 Å². The fourth-order valence-electron chi connectivity index (χ4n) is 3.66. The van der Waals surface area contributed by atoms with Crippen molar-refractivity contribution in [3.05, 3.63) is 12.2 Å². The Hall–Kier alpha value is -0.260. The van der Waals surface area contributed by atoms with Crippen molar-refractivity contribution in [3.8, 4) is 0 Å². The highest BCUT2D eigenvalue weighted by atomic mass is 14.2. The molecule has 0 nitrogen and oxygen atoms in total. The van der Waals surface area contributed by atoms with Gasteiger partial charge in [0.05, 0.1) is 0 Å². The Bertz CT molecular complexity index is 253. The molecular formula is C24H48. The summed E-state index contributed by atoms with van der Waals surface area (Å²) in [5.74, 6) is 1.75. The normalized spacial score (nSPS) is 14.3. The maximum absolute atomic E-state index is 2.58. The van der Waals surface area contributed by atoms with Crippen LogP contribution in [0.3, 0.4) is 0 Å². The van der Waals surface area contributed by atoms with Crippen LogP contribution in [0.2, 0.25) is 0 Å². The highest BCUT2D eigenvalue weighted by Gasteiger charge is 2.10. The van der Waals surface area contributed by atoms with Crippen molar-refractivity contribution < 1.29 is 0 Å². The van der Waals surface area contributed by atoms with E-state index in [9.17, 15) is 0 Å². The number of allylic oxidation sites excluding steroid dienone is 2. The molecule has 0 aliphatic rings. The van der Waals surface area contributed by atoms with Crippen LogP contribution in [0, 0.1) is 11.8 Å². The van der Waals surface area contributed by atoms with Gasteiger partial charge in [-0.3, -0.25) is 0 Å². The summed E-state index contributed by atoms with van der Waals surface area (Å²) in [7, 11) is 0. The standard InChI is InChI=1S/C24H48/c1-5-8-11-14-15-18-21-24(20-17-13-10-7-3)22-23(4)19-16-12-9-6-2/h18,21,23-24H,5-17,19-20,22H2,1-4H3/b21-18+. The molecule has 0 aliphatic carbocycles. The smallest absolute Gasteiger partial charge is 0.0231 e. The first-order valence-corrected chi connectivity index (χ1v) is 11.4. The molecule has 0 heterocycles. The molecule has 0 saturated carbocycles. The van der Waals surface area contributed by atoms with Gasteiger partial charge in [-0.25, -0.2) is 0 Å². The molecule has 0 saturated heterocycles. The number of rotatable bonds is 18. The van der Waals surface area contributed by atoms with Gasteiger partial charge in [-0.15, -0.1) is 0 Å². The van der Waals surface area contributed by atoms with Crippen molar-refractivity contribution in [3.63, 3.8) is 0 Å². The van der Waals surface area contributed by atoms with Gasteiger partial charge in [-0.1, -0.05) is 117 Å². The Kier molecular flexibility index (Phi) is 18.9. The maximum atomic E-state index is 2.58. The van der Waals surface area contributed by atoms with Crippen LogP contribution in [0.25, 0.3) is 0 Å². The van der Waals surface area contributed by atoms with Crippen molar-refractivity contribution in [2.45, 2.75) is 130 Å². The maximum Gasteiger partial charge on any atom is -0.0231 e. The second-order valence-electron chi connectivity index (χ2n) is 8.08. The molecule has 0 spiro atoms. The summed E-state index contributed by atoms with van der Waals surface area (Å²) in [6.45, 7) is 9.40. The molecule has 24 heavy (non-hydrogen) atoms. The summed E-state index contributed by atoms with van der Waals surface area (Å²) in [5, 5.41) is 0. The molecule has 0 aliphatic heterocycles. The van der Waals surface area contributed by atoms with E-state index < -0.39 is 0 Å². The van der Waals surface area contributed by atoms with Crippen molar-refractivity contribution in [1.82, 2.24) is 0 Å². The molecule has 0 aromatic rings. The van der Waals surface area contributed by atoms with E-state index in [1.54, 1.807) is 0 Å². The zero-order chi connectivity index (χ0) is 17.9. The Labute approximate surface area is 154 Å². The second-order valence-corrected chi connectivity index (χ2v) is 8.08. The second kappa shape index (κ2) is 19.1. The molecular weight excluding hydrogens is 288 g/mol. The minimum atomic E-state index is 0.842. The predicted octanol–water partition coefficient (Wildman–Crippen LogP) is 9.10. The van der Waals surface area contributed by atoms with Gasteiger partial charge in [0.15, 0.2) is 0 Å². The third-order valence-corrected chi connectivity index (χ3v) is 5.32. The molecule has 0 N–H and O–H groups in total. The summed E-state index contributed by atoms with van der Waals surface area (Å²) >= 11 is 0. The highest BCUT2D eigenvalue weighted by molar-refractivity contribution is 4.89. The lowest BCUT2D eigenvalue weighted by atomic mass is 9.87. The quantitative estimate of drug-likeness (QED) is 0.173. The molecule has 144 valence electrons. The Morgan fingerprint density at radius 1 is 0.625 bits per heavy atom. The lowest BCUT2D eigenvalue weighted by Gasteiger charge is -2.18. The van der Waals surface area contributed by atoms with E-state index in [-0.39, 0.29) is 0 Å². The van der Waals surface area contributed by atoms with Gasteiger partial charge in [0, 0.05) is 0 Å². The fraction of sp³-hybridized carbons (Fsp3) is 0.917. The van der Waals surface area contributed by atoms with Crippen LogP contribution in [0.5, 0.6) is 0 Å². The molecule has 0 aromatic heterocycles. The number of hydrogen-bond acceptors (Lipinski definition) is 0. The Balaban J connectivity index is 4.07. The zero-order valence-electron chi connectivity index (χ0n) is 17.6. The van der Waals surface area contributed by atoms with Gasteiger partial charge in [-0.2, -0.15) is 0 Å². The van der Waals surface area contributed by atoms with Crippen LogP contribution >= 0.6 is 0 Å². The predicted molar refractivity (Wildman–Crippen MR) is 113 cm³/mol. The lowest BCUT2D eigenvalue weighted by molar-refractivity contribution is 0.381. The van der Waals surface area contributed by atoms with E-state index in [1.165, 1.54) is 103 Å². The minimum Gasteiger partial charge on any atom is -0.0883 e. The van der Waals surface area contributed by atoms with E-state index >= 15 is 0 Å². The monoisotopic (exact) mass is 336 g/mol. The Morgan fingerprint density at radius 3 is 1.75 bits per heavy atom. The van der Waals surface area contributed by atoms with Crippen LogP contribution in [0.1, 0.15) is 130 Å². The molecule has 2 unspecified atom stereocenters. The third-order valence-electron chi connectivity index (χ3n) is 5.32. The largest absolute Gasteiger partial charge is 0.0883 e. The topological polar surface area (TPSA) is 0 Å². The van der Waals surface area contributed by atoms with Gasteiger partial charge in [0.1, 0.15) is 0 Å². The molecule has 0 heteroatoms. The molecule has 0 radical (unpaired) electrons. The van der Waals surface area contributed by atoms with Crippen LogP contribution in [0.15, 0.2) is 12.2 Å². The summed E-state index contributed by atoms with van der Waals surface area (Å²) in [6, 6.07) is 0. The summed E-state index contributed by atoms with van der Waals surface area (Å²) < 4.78 is 0. The van der Waals surface area contributed by atoms with Crippen molar-refractivity contribution in [1.29, 1.82) is 0 Å². The van der Waals surface area contributed by atoms with Gasteiger partial charge in [0.2, 0.25) is 0 Å². The van der Waals surface area contributed by atoms with Crippen molar-refractivity contribution in [2.75, 3.05) is 0 Å². The molecule has 0 bridgehead atoms. The van der Waals surface area contributed by atoms with Crippen molar-refractivity contribution in [2.24, 2.45) is 11.8 Å². The van der Waals surface area contributed by atoms with E-state index in [2.05, 4.69) is 39.8 Å². The average Bonchev–Trinajstić information content (AvgIpc) is 2.58. The van der Waals surface area contributed by atoms with Gasteiger partial charge < -0.3 is 0 Å². The van der Waals surface area contributed by atoms with Gasteiger partial charge >= 0.3 is 0 Å². The summed E-state index contributed by atoms with van der Waals surface area (Å²) in [6.07, 6.45) is 27.5. The first-order chi connectivity index (χ1) is 11.7. The van der Waals surface area contributed by atoms with Crippen LogP contribution in [-0.2, 0) is 0 Å². The highest BCUT2D eigenvalue weighted by Crippen LogP contribution is 2.24. The van der Waals surface area contributed by atoms with E-state index in [1.807, 2.05) is 0 Å². The minimum absolute atomic E-state index is 0.842. The number of hydrogen-bond donors (Lipinski definition) is 0. The van der Waals surface area contributed by atoms with Gasteiger partial charge in [-0.05, 0) is 37.5 Å². The van der Waals surface area contributed by atoms with Crippen LogP contribution < -0.4 is 0 Å². The molecule has 0 aromatic carbocycles. The zero-order valence-corrected chi connectivity index (χ0v) is 17.6. The van der Waals surface area contributed by atoms with Crippen molar-refractivity contribution >= 4 is 0 Å². The van der Waals surface area contributed by atoms with Crippen LogP contribution in [-0.4, -0.2) is 0 Å². The van der Waals surface area contributed by atoms with E-state index in [0.29, 0.717) is 0 Å². The molecule has 0 rings (SSSR count). The fourth-order valence-corrected chi connectivity index (χ4v) is 3.66. The summed E-state index contributed by atoms with van der Waals surface area (Å²) in [4.78, 5) is 0. The first kappa shape index (κ1) is 23.7. The van der Waals surface area contributed by atoms with Crippen LogP contribution in [0.4, 0.5) is 0 Å². The molecule has 0 fully saturated rings.